The number of thiazole rings is 1. The Bertz CT molecular complexity index is 508. The molecular formula is C13H16N2O3S2. The van der Waals surface area contributed by atoms with Crippen LogP contribution >= 0.6 is 23.1 Å². The molecule has 1 amide bonds. The lowest BCUT2D eigenvalue weighted by Crippen LogP contribution is -2.36. The molecule has 0 aliphatic heterocycles. The SMILES string of the molecule is C#CCN(CC(=O)O)C(=O)CCSCc1csc(C)n1. The zero-order valence-electron chi connectivity index (χ0n) is 11.2. The Kier molecular flexibility index (Phi) is 7.12. The highest BCUT2D eigenvalue weighted by atomic mass is 32.2. The molecule has 0 unspecified atom stereocenters. The molecule has 0 aliphatic rings. The highest BCUT2D eigenvalue weighted by Gasteiger charge is 2.15. The van der Waals surface area contributed by atoms with E-state index >= 15 is 0 Å². The number of carbonyl (C=O) groups is 2. The van der Waals surface area contributed by atoms with E-state index in [1.807, 2.05) is 12.3 Å². The molecule has 0 aromatic carbocycles. The van der Waals surface area contributed by atoms with Gasteiger partial charge in [-0.05, 0) is 6.92 Å². The van der Waals surface area contributed by atoms with E-state index in [-0.39, 0.29) is 25.4 Å². The van der Waals surface area contributed by atoms with Gasteiger partial charge in [0.1, 0.15) is 6.54 Å². The van der Waals surface area contributed by atoms with Crippen LogP contribution in [0.25, 0.3) is 0 Å². The van der Waals surface area contributed by atoms with Gasteiger partial charge in [0.2, 0.25) is 5.91 Å². The number of nitrogens with zero attached hydrogens (tertiary/aromatic N) is 2. The van der Waals surface area contributed by atoms with Crippen molar-refractivity contribution >= 4 is 35.0 Å². The van der Waals surface area contributed by atoms with Crippen molar-refractivity contribution in [3.05, 3.63) is 16.1 Å². The Morgan fingerprint density at radius 3 is 2.90 bits per heavy atom. The van der Waals surface area contributed by atoms with Crippen LogP contribution in [0.4, 0.5) is 0 Å². The van der Waals surface area contributed by atoms with Crippen molar-refractivity contribution in [2.45, 2.75) is 19.1 Å². The van der Waals surface area contributed by atoms with E-state index in [0.717, 1.165) is 16.5 Å². The number of carbonyl (C=O) groups excluding carboxylic acids is 1. The molecule has 0 fully saturated rings. The molecule has 1 N–H and O–H groups in total. The molecule has 0 saturated heterocycles. The van der Waals surface area contributed by atoms with Gasteiger partial charge < -0.3 is 10.0 Å². The zero-order chi connectivity index (χ0) is 15.0. The fourth-order valence-electron chi connectivity index (χ4n) is 1.47. The van der Waals surface area contributed by atoms with Gasteiger partial charge in [-0.2, -0.15) is 11.8 Å². The van der Waals surface area contributed by atoms with Gasteiger partial charge in [-0.3, -0.25) is 9.59 Å². The monoisotopic (exact) mass is 312 g/mol. The number of aliphatic carboxylic acids is 1. The quantitative estimate of drug-likeness (QED) is 0.583. The van der Waals surface area contributed by atoms with Crippen LogP contribution in [-0.4, -0.2) is 45.7 Å². The first-order valence-corrected chi connectivity index (χ1v) is 7.98. The Hall–Kier alpha value is -1.52. The van der Waals surface area contributed by atoms with Crippen LogP contribution in [0, 0.1) is 19.3 Å². The topological polar surface area (TPSA) is 70.5 Å². The molecule has 0 atom stereocenters. The van der Waals surface area contributed by atoms with Crippen LogP contribution in [0.5, 0.6) is 0 Å². The Labute approximate surface area is 126 Å². The maximum absolute atomic E-state index is 11.8. The third-order valence-electron chi connectivity index (χ3n) is 2.34. The highest BCUT2D eigenvalue weighted by Crippen LogP contribution is 2.16. The van der Waals surface area contributed by atoms with E-state index in [2.05, 4.69) is 10.9 Å². The molecule has 0 spiro atoms. The normalized spacial score (nSPS) is 10.0. The first-order chi connectivity index (χ1) is 9.52. The number of amides is 1. The van der Waals surface area contributed by atoms with Crippen LogP contribution in [0.2, 0.25) is 0 Å². The number of terminal acetylenes is 1. The van der Waals surface area contributed by atoms with Crippen LogP contribution in [-0.2, 0) is 15.3 Å². The number of carboxylic acids is 1. The smallest absolute Gasteiger partial charge is 0.323 e. The molecule has 20 heavy (non-hydrogen) atoms. The van der Waals surface area contributed by atoms with E-state index in [1.54, 1.807) is 23.1 Å². The van der Waals surface area contributed by atoms with Gasteiger partial charge in [-0.15, -0.1) is 17.8 Å². The van der Waals surface area contributed by atoms with Crippen LogP contribution in [0.15, 0.2) is 5.38 Å². The van der Waals surface area contributed by atoms with Crippen molar-refractivity contribution in [2.75, 3.05) is 18.8 Å². The van der Waals surface area contributed by atoms with Crippen molar-refractivity contribution < 1.29 is 14.7 Å². The lowest BCUT2D eigenvalue weighted by atomic mass is 10.3. The summed E-state index contributed by atoms with van der Waals surface area (Å²) in [6, 6.07) is 0. The summed E-state index contributed by atoms with van der Waals surface area (Å²) in [6.07, 6.45) is 5.41. The van der Waals surface area contributed by atoms with Gasteiger partial charge in [0.05, 0.1) is 17.2 Å². The van der Waals surface area contributed by atoms with E-state index in [4.69, 9.17) is 11.5 Å². The predicted molar refractivity (Wildman–Crippen MR) is 80.7 cm³/mol. The molecule has 7 heteroatoms. The predicted octanol–water partition coefficient (Wildman–Crippen LogP) is 1.62. The van der Waals surface area contributed by atoms with Crippen molar-refractivity contribution in [1.82, 2.24) is 9.88 Å². The molecule has 1 aromatic rings. The molecule has 1 heterocycles. The Morgan fingerprint density at radius 2 is 2.35 bits per heavy atom. The number of aryl methyl sites for hydroxylation is 1. The maximum Gasteiger partial charge on any atom is 0.323 e. The fourth-order valence-corrected chi connectivity index (χ4v) is 3.01. The van der Waals surface area contributed by atoms with Gasteiger partial charge in [0.25, 0.3) is 0 Å². The molecular weight excluding hydrogens is 296 g/mol. The average molecular weight is 312 g/mol. The number of hydrogen-bond acceptors (Lipinski definition) is 5. The molecule has 0 bridgehead atoms. The van der Waals surface area contributed by atoms with Crippen molar-refractivity contribution in [2.24, 2.45) is 0 Å². The second-order valence-corrected chi connectivity index (χ2v) is 6.18. The minimum absolute atomic E-state index is 0.0289. The lowest BCUT2D eigenvalue weighted by molar-refractivity contribution is -0.143. The van der Waals surface area contributed by atoms with Gasteiger partial charge >= 0.3 is 5.97 Å². The number of hydrogen-bond donors (Lipinski definition) is 1. The van der Waals surface area contributed by atoms with Gasteiger partial charge in [-0.25, -0.2) is 4.98 Å². The summed E-state index contributed by atoms with van der Waals surface area (Å²) >= 11 is 3.20. The van der Waals surface area contributed by atoms with Crippen molar-refractivity contribution in [3.63, 3.8) is 0 Å². The summed E-state index contributed by atoms with van der Waals surface area (Å²) < 4.78 is 0. The van der Waals surface area contributed by atoms with Crippen molar-refractivity contribution in [1.29, 1.82) is 0 Å². The van der Waals surface area contributed by atoms with Crippen molar-refractivity contribution in [3.8, 4) is 12.3 Å². The summed E-state index contributed by atoms with van der Waals surface area (Å²) in [5.74, 6) is 2.39. The van der Waals surface area contributed by atoms with Crippen LogP contribution in [0.1, 0.15) is 17.1 Å². The summed E-state index contributed by atoms with van der Waals surface area (Å²) in [5.41, 5.74) is 1.01. The highest BCUT2D eigenvalue weighted by molar-refractivity contribution is 7.98. The van der Waals surface area contributed by atoms with Gasteiger partial charge in [0.15, 0.2) is 0 Å². The zero-order valence-corrected chi connectivity index (χ0v) is 12.8. The molecule has 108 valence electrons. The Balaban J connectivity index is 2.30. The second kappa shape index (κ2) is 8.61. The molecule has 0 radical (unpaired) electrons. The van der Waals surface area contributed by atoms with Crippen LogP contribution in [0.3, 0.4) is 0 Å². The third-order valence-corrected chi connectivity index (χ3v) is 4.15. The van der Waals surface area contributed by atoms with Crippen LogP contribution < -0.4 is 0 Å². The average Bonchev–Trinajstić information content (AvgIpc) is 2.79. The number of rotatable bonds is 8. The molecule has 0 saturated carbocycles. The maximum atomic E-state index is 11.8. The van der Waals surface area contributed by atoms with E-state index in [1.165, 1.54) is 4.90 Å². The summed E-state index contributed by atoms with van der Waals surface area (Å²) in [4.78, 5) is 28.0. The molecule has 1 aromatic heterocycles. The number of carboxylic acid groups (broad SMARTS) is 1. The largest absolute Gasteiger partial charge is 0.480 e. The summed E-state index contributed by atoms with van der Waals surface area (Å²) in [5, 5.41) is 11.7. The minimum Gasteiger partial charge on any atom is -0.480 e. The standard InChI is InChI=1S/C13H16N2O3S2/c1-3-5-15(7-13(17)18)12(16)4-6-19-8-11-9-20-10(2)14-11/h1,9H,4-8H2,2H3,(H,17,18). The summed E-state index contributed by atoms with van der Waals surface area (Å²) in [7, 11) is 0. The van der Waals surface area contributed by atoms with E-state index in [9.17, 15) is 9.59 Å². The number of aromatic nitrogens is 1. The first kappa shape index (κ1) is 16.5. The number of thioether (sulfide) groups is 1. The second-order valence-electron chi connectivity index (χ2n) is 4.01. The molecule has 5 nitrogen and oxygen atoms in total. The third kappa shape index (κ3) is 6.08. The molecule has 0 aliphatic carbocycles. The van der Waals surface area contributed by atoms with Gasteiger partial charge in [-0.1, -0.05) is 5.92 Å². The Morgan fingerprint density at radius 1 is 1.60 bits per heavy atom. The molecule has 1 rings (SSSR count). The summed E-state index contributed by atoms with van der Waals surface area (Å²) in [6.45, 7) is 1.63. The first-order valence-electron chi connectivity index (χ1n) is 5.94. The van der Waals surface area contributed by atoms with Gasteiger partial charge in [0, 0.05) is 23.3 Å². The fraction of sp³-hybridized carbons (Fsp3) is 0.462. The van der Waals surface area contributed by atoms with E-state index in [0.29, 0.717) is 5.75 Å². The lowest BCUT2D eigenvalue weighted by Gasteiger charge is -2.17. The minimum atomic E-state index is -1.06. The van der Waals surface area contributed by atoms with E-state index < -0.39 is 5.97 Å².